The number of hydrogen-bond acceptors (Lipinski definition) is 3. The van der Waals surface area contributed by atoms with Gasteiger partial charge in [0, 0.05) is 0 Å². The molecular formula is C10H8F3NO3. The average molecular weight is 247 g/mol. The third-order valence-corrected chi connectivity index (χ3v) is 1.77. The van der Waals surface area contributed by atoms with E-state index in [0.717, 1.165) is 18.2 Å². The molecule has 0 aliphatic carbocycles. The lowest BCUT2D eigenvalue weighted by molar-refractivity contribution is -0.137. The smallest absolute Gasteiger partial charge is 0.416 e. The minimum absolute atomic E-state index is 0.291. The van der Waals surface area contributed by atoms with E-state index in [-0.39, 0.29) is 5.56 Å². The Balaban J connectivity index is 2.85. The standard InChI is InChI=1S/C10H8F3NO3/c11-10(12,13)7-3-1-2-6(4-7)9(16)17-5-8(14)15/h1-4H,5H2,(H2,14,15). The molecule has 1 aromatic rings. The van der Waals surface area contributed by atoms with Crippen LogP contribution in [0.15, 0.2) is 24.3 Å². The highest BCUT2D eigenvalue weighted by Gasteiger charge is 2.31. The zero-order valence-electron chi connectivity index (χ0n) is 8.45. The summed E-state index contributed by atoms with van der Waals surface area (Å²) < 4.78 is 41.3. The quantitative estimate of drug-likeness (QED) is 0.819. The Morgan fingerprint density at radius 1 is 1.29 bits per heavy atom. The van der Waals surface area contributed by atoms with Crippen LogP contribution >= 0.6 is 0 Å². The SMILES string of the molecule is NC(=O)COC(=O)c1cccc(C(F)(F)F)c1. The third-order valence-electron chi connectivity index (χ3n) is 1.77. The molecule has 0 aromatic heterocycles. The molecule has 4 nitrogen and oxygen atoms in total. The second-order valence-corrected chi connectivity index (χ2v) is 3.12. The van der Waals surface area contributed by atoms with Gasteiger partial charge in [-0.1, -0.05) is 6.07 Å². The van der Waals surface area contributed by atoms with Gasteiger partial charge in [-0.3, -0.25) is 4.79 Å². The number of hydrogen-bond donors (Lipinski definition) is 1. The van der Waals surface area contributed by atoms with Crippen LogP contribution in [0.25, 0.3) is 0 Å². The molecule has 0 fully saturated rings. The van der Waals surface area contributed by atoms with Gasteiger partial charge >= 0.3 is 12.1 Å². The number of amides is 1. The lowest BCUT2D eigenvalue weighted by Gasteiger charge is -2.08. The molecule has 0 radical (unpaired) electrons. The van der Waals surface area contributed by atoms with Gasteiger partial charge in [0.15, 0.2) is 6.61 Å². The van der Waals surface area contributed by atoms with Gasteiger partial charge in [0.2, 0.25) is 0 Å². The Morgan fingerprint density at radius 2 is 1.94 bits per heavy atom. The molecule has 7 heteroatoms. The van der Waals surface area contributed by atoms with Gasteiger partial charge in [0.1, 0.15) is 0 Å². The Hall–Kier alpha value is -2.05. The first-order valence-electron chi connectivity index (χ1n) is 4.43. The van der Waals surface area contributed by atoms with E-state index in [9.17, 15) is 22.8 Å². The molecule has 0 atom stereocenters. The summed E-state index contributed by atoms with van der Waals surface area (Å²) in [7, 11) is 0. The summed E-state index contributed by atoms with van der Waals surface area (Å²) >= 11 is 0. The Morgan fingerprint density at radius 3 is 2.47 bits per heavy atom. The molecule has 2 N–H and O–H groups in total. The molecule has 0 saturated carbocycles. The number of carbonyl (C=O) groups is 2. The van der Waals surface area contributed by atoms with Crippen LogP contribution in [0.3, 0.4) is 0 Å². The Labute approximate surface area is 94.2 Å². The van der Waals surface area contributed by atoms with E-state index in [1.807, 2.05) is 0 Å². The van der Waals surface area contributed by atoms with Crippen molar-refractivity contribution >= 4 is 11.9 Å². The summed E-state index contributed by atoms with van der Waals surface area (Å²) in [4.78, 5) is 21.6. The van der Waals surface area contributed by atoms with E-state index in [1.165, 1.54) is 0 Å². The second kappa shape index (κ2) is 4.86. The predicted octanol–water partition coefficient (Wildman–Crippen LogP) is 1.35. The molecular weight excluding hydrogens is 239 g/mol. The third kappa shape index (κ3) is 3.78. The van der Waals surface area contributed by atoms with Gasteiger partial charge in [0.05, 0.1) is 11.1 Å². The molecule has 0 unspecified atom stereocenters. The number of carbonyl (C=O) groups excluding carboxylic acids is 2. The van der Waals surface area contributed by atoms with E-state index in [4.69, 9.17) is 5.73 Å². The summed E-state index contributed by atoms with van der Waals surface area (Å²) in [5, 5.41) is 0. The maximum atomic E-state index is 12.3. The molecule has 0 heterocycles. The van der Waals surface area contributed by atoms with Crippen LogP contribution in [-0.4, -0.2) is 18.5 Å². The van der Waals surface area contributed by atoms with E-state index in [2.05, 4.69) is 4.74 Å². The topological polar surface area (TPSA) is 69.4 Å². The summed E-state index contributed by atoms with van der Waals surface area (Å²) in [6.45, 7) is -0.672. The monoisotopic (exact) mass is 247 g/mol. The van der Waals surface area contributed by atoms with Crippen molar-refractivity contribution < 1.29 is 27.5 Å². The van der Waals surface area contributed by atoms with Gasteiger partial charge in [-0.05, 0) is 18.2 Å². The highest BCUT2D eigenvalue weighted by molar-refractivity contribution is 5.91. The van der Waals surface area contributed by atoms with Crippen LogP contribution in [0.5, 0.6) is 0 Å². The number of nitrogens with two attached hydrogens (primary N) is 1. The van der Waals surface area contributed by atoms with Crippen molar-refractivity contribution in [3.8, 4) is 0 Å². The Kier molecular flexibility index (Phi) is 3.72. The molecule has 92 valence electrons. The molecule has 0 spiro atoms. The van der Waals surface area contributed by atoms with Gasteiger partial charge in [-0.2, -0.15) is 13.2 Å². The predicted molar refractivity (Wildman–Crippen MR) is 50.9 cm³/mol. The molecule has 17 heavy (non-hydrogen) atoms. The summed E-state index contributed by atoms with van der Waals surface area (Å²) in [6, 6.07) is 3.69. The lowest BCUT2D eigenvalue weighted by atomic mass is 10.1. The van der Waals surface area contributed by atoms with Crippen molar-refractivity contribution in [3.63, 3.8) is 0 Å². The van der Waals surface area contributed by atoms with Crippen LogP contribution in [0, 0.1) is 0 Å². The van der Waals surface area contributed by atoms with E-state index < -0.39 is 30.2 Å². The van der Waals surface area contributed by atoms with Crippen LogP contribution in [-0.2, 0) is 15.7 Å². The summed E-state index contributed by atoms with van der Waals surface area (Å²) in [5.74, 6) is -1.92. The van der Waals surface area contributed by atoms with Gasteiger partial charge in [-0.15, -0.1) is 0 Å². The van der Waals surface area contributed by atoms with Crippen molar-refractivity contribution in [2.75, 3.05) is 6.61 Å². The number of halogens is 3. The molecule has 0 bridgehead atoms. The summed E-state index contributed by atoms with van der Waals surface area (Å²) in [6.07, 6.45) is -4.54. The first kappa shape index (κ1) is 13.0. The first-order chi connectivity index (χ1) is 7.80. The average Bonchev–Trinajstić information content (AvgIpc) is 2.25. The van der Waals surface area contributed by atoms with Crippen LogP contribution < -0.4 is 5.73 Å². The molecule has 0 saturated heterocycles. The number of benzene rings is 1. The molecule has 1 aromatic carbocycles. The molecule has 0 aliphatic rings. The van der Waals surface area contributed by atoms with E-state index in [0.29, 0.717) is 6.07 Å². The highest BCUT2D eigenvalue weighted by Crippen LogP contribution is 2.29. The number of ether oxygens (including phenoxy) is 1. The molecule has 0 aliphatic heterocycles. The van der Waals surface area contributed by atoms with Gasteiger partial charge in [0.25, 0.3) is 5.91 Å². The summed E-state index contributed by atoms with van der Waals surface area (Å²) in [5.41, 5.74) is 3.46. The van der Waals surface area contributed by atoms with Crippen molar-refractivity contribution in [1.82, 2.24) is 0 Å². The fraction of sp³-hybridized carbons (Fsp3) is 0.200. The number of esters is 1. The fourth-order valence-corrected chi connectivity index (χ4v) is 1.04. The number of alkyl halides is 3. The van der Waals surface area contributed by atoms with E-state index in [1.54, 1.807) is 0 Å². The van der Waals surface area contributed by atoms with Crippen molar-refractivity contribution in [3.05, 3.63) is 35.4 Å². The fourth-order valence-electron chi connectivity index (χ4n) is 1.04. The minimum atomic E-state index is -4.54. The first-order valence-corrected chi connectivity index (χ1v) is 4.43. The number of rotatable bonds is 3. The maximum Gasteiger partial charge on any atom is 0.416 e. The van der Waals surface area contributed by atoms with Crippen molar-refractivity contribution in [2.45, 2.75) is 6.18 Å². The van der Waals surface area contributed by atoms with Crippen molar-refractivity contribution in [2.24, 2.45) is 5.73 Å². The van der Waals surface area contributed by atoms with Crippen LogP contribution in [0.2, 0.25) is 0 Å². The zero-order valence-corrected chi connectivity index (χ0v) is 8.45. The van der Waals surface area contributed by atoms with Gasteiger partial charge < -0.3 is 10.5 Å². The van der Waals surface area contributed by atoms with Gasteiger partial charge in [-0.25, -0.2) is 4.79 Å². The Bertz CT molecular complexity index is 443. The largest absolute Gasteiger partial charge is 0.452 e. The highest BCUT2D eigenvalue weighted by atomic mass is 19.4. The molecule has 1 amide bonds. The molecule has 1 rings (SSSR count). The van der Waals surface area contributed by atoms with E-state index >= 15 is 0 Å². The minimum Gasteiger partial charge on any atom is -0.452 e. The van der Waals surface area contributed by atoms with Crippen LogP contribution in [0.4, 0.5) is 13.2 Å². The second-order valence-electron chi connectivity index (χ2n) is 3.12. The van der Waals surface area contributed by atoms with Crippen molar-refractivity contribution in [1.29, 1.82) is 0 Å². The normalized spacial score (nSPS) is 11.0. The zero-order chi connectivity index (χ0) is 13.1. The lowest BCUT2D eigenvalue weighted by Crippen LogP contribution is -2.21. The number of primary amides is 1. The van der Waals surface area contributed by atoms with Crippen LogP contribution in [0.1, 0.15) is 15.9 Å². The maximum absolute atomic E-state index is 12.3.